The topological polar surface area (TPSA) is 76.7 Å². The molecule has 9 heteroatoms. The van der Waals surface area contributed by atoms with Gasteiger partial charge in [-0.15, -0.1) is 0 Å². The molecule has 0 aliphatic heterocycles. The van der Waals surface area contributed by atoms with Gasteiger partial charge in [0.2, 0.25) is 0 Å². The second-order valence-corrected chi connectivity index (χ2v) is 6.21. The van der Waals surface area contributed by atoms with Crippen LogP contribution in [-0.2, 0) is 9.47 Å². The van der Waals surface area contributed by atoms with E-state index in [1.807, 2.05) is 0 Å². The third kappa shape index (κ3) is 5.08. The zero-order valence-corrected chi connectivity index (χ0v) is 16.1. The lowest BCUT2D eigenvalue weighted by atomic mass is 10.1. The fraction of sp³-hybridized carbons (Fsp3) is 0.118. The minimum absolute atomic E-state index is 0.176. The number of halogens is 2. The van der Waals surface area contributed by atoms with E-state index >= 15 is 0 Å². The maximum Gasteiger partial charge on any atom is 0.337 e. The molecule has 136 valence electrons. The summed E-state index contributed by atoms with van der Waals surface area (Å²) in [7, 11) is 2.49. The first-order valence-corrected chi connectivity index (χ1v) is 8.35. The Labute approximate surface area is 165 Å². The average Bonchev–Trinajstić information content (AvgIpc) is 2.62. The summed E-state index contributed by atoms with van der Waals surface area (Å²) in [6.07, 6.45) is 0. The van der Waals surface area contributed by atoms with Gasteiger partial charge in [0.05, 0.1) is 35.4 Å². The molecular weight excluding hydrogens is 399 g/mol. The molecule has 0 radical (unpaired) electrons. The van der Waals surface area contributed by atoms with Crippen LogP contribution in [0.5, 0.6) is 0 Å². The van der Waals surface area contributed by atoms with Crippen molar-refractivity contribution < 1.29 is 19.1 Å². The Morgan fingerprint density at radius 1 is 0.846 bits per heavy atom. The molecule has 0 aliphatic carbocycles. The third-order valence-corrected chi connectivity index (χ3v) is 4.15. The van der Waals surface area contributed by atoms with E-state index in [0.717, 1.165) is 0 Å². The lowest BCUT2D eigenvalue weighted by Gasteiger charge is -2.13. The van der Waals surface area contributed by atoms with Crippen molar-refractivity contribution >= 4 is 63.8 Å². The fourth-order valence-electron chi connectivity index (χ4n) is 2.04. The monoisotopic (exact) mass is 412 g/mol. The molecule has 0 heterocycles. The summed E-state index contributed by atoms with van der Waals surface area (Å²) in [5, 5.41) is 6.84. The van der Waals surface area contributed by atoms with Crippen LogP contribution in [0.2, 0.25) is 10.0 Å². The van der Waals surface area contributed by atoms with Crippen molar-refractivity contribution in [2.45, 2.75) is 0 Å². The van der Waals surface area contributed by atoms with E-state index in [9.17, 15) is 9.59 Å². The molecule has 0 saturated heterocycles. The van der Waals surface area contributed by atoms with Crippen molar-refractivity contribution in [3.8, 4) is 0 Å². The highest BCUT2D eigenvalue weighted by Gasteiger charge is 2.14. The van der Waals surface area contributed by atoms with Crippen LogP contribution in [0.4, 0.5) is 11.4 Å². The van der Waals surface area contributed by atoms with Gasteiger partial charge in [-0.05, 0) is 48.6 Å². The summed E-state index contributed by atoms with van der Waals surface area (Å²) in [5.74, 6) is -1.19. The quantitative estimate of drug-likeness (QED) is 0.569. The van der Waals surface area contributed by atoms with E-state index in [1.54, 1.807) is 18.2 Å². The predicted octanol–water partition coefficient (Wildman–Crippen LogP) is 4.38. The zero-order valence-electron chi connectivity index (χ0n) is 13.8. The molecule has 0 aliphatic rings. The van der Waals surface area contributed by atoms with Gasteiger partial charge in [-0.1, -0.05) is 23.2 Å². The molecule has 0 spiro atoms. The SMILES string of the molecule is COC(=O)c1cc(NC(=S)Nc2ccc(Cl)c(Cl)c2)cc(C(=O)OC)c1. The minimum Gasteiger partial charge on any atom is -0.465 e. The second kappa shape index (κ2) is 8.84. The summed E-state index contributed by atoms with van der Waals surface area (Å²) >= 11 is 17.1. The van der Waals surface area contributed by atoms with Gasteiger partial charge in [-0.3, -0.25) is 0 Å². The molecule has 0 amide bonds. The summed E-state index contributed by atoms with van der Waals surface area (Å²) in [5.41, 5.74) is 1.38. The van der Waals surface area contributed by atoms with Crippen LogP contribution < -0.4 is 10.6 Å². The summed E-state index contributed by atoms with van der Waals surface area (Å²) in [6, 6.07) is 9.32. The maximum absolute atomic E-state index is 11.8. The van der Waals surface area contributed by atoms with E-state index < -0.39 is 11.9 Å². The molecule has 6 nitrogen and oxygen atoms in total. The number of esters is 2. The Balaban J connectivity index is 2.23. The number of hydrogen-bond acceptors (Lipinski definition) is 5. The summed E-state index contributed by atoms with van der Waals surface area (Å²) in [4.78, 5) is 23.6. The number of carbonyl (C=O) groups excluding carboxylic acids is 2. The Hall–Kier alpha value is -2.35. The highest BCUT2D eigenvalue weighted by atomic mass is 35.5. The summed E-state index contributed by atoms with van der Waals surface area (Å²) in [6.45, 7) is 0. The number of thiocarbonyl (C=S) groups is 1. The van der Waals surface area contributed by atoms with E-state index in [2.05, 4.69) is 10.6 Å². The molecule has 0 fully saturated rings. The largest absolute Gasteiger partial charge is 0.465 e. The van der Waals surface area contributed by atoms with Crippen LogP contribution in [0.1, 0.15) is 20.7 Å². The van der Waals surface area contributed by atoms with Gasteiger partial charge < -0.3 is 20.1 Å². The lowest BCUT2D eigenvalue weighted by molar-refractivity contribution is 0.0599. The molecule has 0 saturated carbocycles. The van der Waals surface area contributed by atoms with Gasteiger partial charge >= 0.3 is 11.9 Å². The van der Waals surface area contributed by atoms with Crippen molar-refractivity contribution in [1.29, 1.82) is 0 Å². The number of nitrogens with one attached hydrogen (secondary N) is 2. The predicted molar refractivity (Wildman–Crippen MR) is 105 cm³/mol. The van der Waals surface area contributed by atoms with Crippen LogP contribution in [0.15, 0.2) is 36.4 Å². The number of anilines is 2. The first kappa shape index (κ1) is 20.0. The molecule has 26 heavy (non-hydrogen) atoms. The van der Waals surface area contributed by atoms with Crippen molar-refractivity contribution in [3.05, 3.63) is 57.6 Å². The van der Waals surface area contributed by atoms with E-state index in [1.165, 1.54) is 32.4 Å². The normalized spacial score (nSPS) is 10.0. The van der Waals surface area contributed by atoms with Gasteiger partial charge in [-0.2, -0.15) is 0 Å². The maximum atomic E-state index is 11.8. The number of benzene rings is 2. The molecular formula is C17H14Cl2N2O4S. The second-order valence-electron chi connectivity index (χ2n) is 4.99. The Bertz CT molecular complexity index is 840. The zero-order chi connectivity index (χ0) is 19.3. The smallest absolute Gasteiger partial charge is 0.337 e. The Morgan fingerprint density at radius 2 is 1.38 bits per heavy atom. The van der Waals surface area contributed by atoms with Crippen molar-refractivity contribution in [1.82, 2.24) is 0 Å². The van der Waals surface area contributed by atoms with Gasteiger partial charge in [0.15, 0.2) is 5.11 Å². The molecule has 0 unspecified atom stereocenters. The molecule has 2 aromatic carbocycles. The van der Waals surface area contributed by atoms with Crippen LogP contribution in [0, 0.1) is 0 Å². The number of methoxy groups -OCH3 is 2. The first-order chi connectivity index (χ1) is 12.3. The van der Waals surface area contributed by atoms with Gasteiger partial charge in [-0.25, -0.2) is 9.59 Å². The first-order valence-electron chi connectivity index (χ1n) is 7.19. The van der Waals surface area contributed by atoms with Crippen molar-refractivity contribution in [3.63, 3.8) is 0 Å². The van der Waals surface area contributed by atoms with Crippen molar-refractivity contribution in [2.24, 2.45) is 0 Å². The van der Waals surface area contributed by atoms with Gasteiger partial charge in [0.25, 0.3) is 0 Å². The van der Waals surface area contributed by atoms with Crippen LogP contribution in [0.3, 0.4) is 0 Å². The highest BCUT2D eigenvalue weighted by molar-refractivity contribution is 7.80. The van der Waals surface area contributed by atoms with E-state index in [0.29, 0.717) is 21.4 Å². The van der Waals surface area contributed by atoms with E-state index in [-0.39, 0.29) is 16.2 Å². The molecule has 0 atom stereocenters. The Kier molecular flexibility index (Phi) is 6.79. The van der Waals surface area contributed by atoms with Gasteiger partial charge in [0.1, 0.15) is 0 Å². The van der Waals surface area contributed by atoms with Crippen LogP contribution in [-0.4, -0.2) is 31.3 Å². The fourth-order valence-corrected chi connectivity index (χ4v) is 2.57. The summed E-state index contributed by atoms with van der Waals surface area (Å²) < 4.78 is 9.38. The lowest BCUT2D eigenvalue weighted by Crippen LogP contribution is -2.20. The highest BCUT2D eigenvalue weighted by Crippen LogP contribution is 2.25. The molecule has 0 aromatic heterocycles. The minimum atomic E-state index is -0.595. The van der Waals surface area contributed by atoms with E-state index in [4.69, 9.17) is 44.9 Å². The number of ether oxygens (including phenoxy) is 2. The molecule has 0 bridgehead atoms. The third-order valence-electron chi connectivity index (χ3n) is 3.21. The molecule has 2 aromatic rings. The standard InChI is InChI=1S/C17H14Cl2N2O4S/c1-24-15(22)9-5-10(16(23)25-2)7-12(6-9)21-17(26)20-11-3-4-13(18)14(19)8-11/h3-8H,1-2H3,(H2,20,21,26). The number of carbonyl (C=O) groups is 2. The van der Waals surface area contributed by atoms with Crippen LogP contribution in [0.25, 0.3) is 0 Å². The Morgan fingerprint density at radius 3 is 1.88 bits per heavy atom. The van der Waals surface area contributed by atoms with Crippen LogP contribution >= 0.6 is 35.4 Å². The van der Waals surface area contributed by atoms with Crippen molar-refractivity contribution in [2.75, 3.05) is 24.9 Å². The van der Waals surface area contributed by atoms with Gasteiger partial charge in [0, 0.05) is 11.4 Å². The number of rotatable bonds is 4. The molecule has 2 rings (SSSR count). The molecule has 2 N–H and O–H groups in total. The average molecular weight is 413 g/mol. The number of hydrogen-bond donors (Lipinski definition) is 2.